The number of hydrogen-bond donors (Lipinski definition) is 1. The van der Waals surface area contributed by atoms with Crippen LogP contribution in [0.5, 0.6) is 0 Å². The van der Waals surface area contributed by atoms with Crippen molar-refractivity contribution in [3.8, 4) is 0 Å². The monoisotopic (exact) mass is 285 g/mol. The van der Waals surface area contributed by atoms with Gasteiger partial charge in [-0.25, -0.2) is 0 Å². The molecule has 20 heavy (non-hydrogen) atoms. The van der Waals surface area contributed by atoms with Gasteiger partial charge in [-0.2, -0.15) is 0 Å². The van der Waals surface area contributed by atoms with E-state index in [2.05, 4.69) is 36.5 Å². The quantitative estimate of drug-likeness (QED) is 0.707. The van der Waals surface area contributed by atoms with Crippen molar-refractivity contribution in [2.24, 2.45) is 0 Å². The number of benzene rings is 2. The maximum atomic E-state index is 6.19. The van der Waals surface area contributed by atoms with Gasteiger partial charge in [0.1, 0.15) is 5.58 Å². The number of aryl methyl sites for hydroxylation is 1. The molecule has 102 valence electrons. The van der Waals surface area contributed by atoms with Crippen LogP contribution in [0.3, 0.4) is 0 Å². The molecule has 0 spiro atoms. The molecule has 0 bridgehead atoms. The van der Waals surface area contributed by atoms with Crippen molar-refractivity contribution in [1.82, 2.24) is 0 Å². The van der Waals surface area contributed by atoms with Crippen LogP contribution in [-0.2, 0) is 13.0 Å². The van der Waals surface area contributed by atoms with Crippen LogP contribution in [0.25, 0.3) is 11.0 Å². The molecule has 0 radical (unpaired) electrons. The number of furan rings is 1. The van der Waals surface area contributed by atoms with E-state index in [-0.39, 0.29) is 0 Å². The van der Waals surface area contributed by atoms with Gasteiger partial charge < -0.3 is 9.73 Å². The Labute approximate surface area is 123 Å². The van der Waals surface area contributed by atoms with Crippen molar-refractivity contribution >= 4 is 28.3 Å². The van der Waals surface area contributed by atoms with Gasteiger partial charge in [-0.05, 0) is 41.8 Å². The van der Waals surface area contributed by atoms with Gasteiger partial charge in [-0.3, -0.25) is 0 Å². The zero-order valence-corrected chi connectivity index (χ0v) is 12.1. The molecule has 0 atom stereocenters. The number of para-hydroxylation sites is 1. The molecule has 0 amide bonds. The van der Waals surface area contributed by atoms with Crippen molar-refractivity contribution in [1.29, 1.82) is 0 Å². The van der Waals surface area contributed by atoms with Crippen molar-refractivity contribution in [3.05, 3.63) is 64.9 Å². The molecule has 1 heterocycles. The lowest BCUT2D eigenvalue weighted by Crippen LogP contribution is -1.99. The van der Waals surface area contributed by atoms with E-state index in [1.165, 1.54) is 5.56 Å². The Bertz CT molecular complexity index is 733. The standard InChI is InChI=1S/C17H16ClNO/c1-2-12-6-5-7-13(10-12)19-11-15-14-8-3-4-9-16(14)20-17(15)18/h3-10,19H,2,11H2,1H3. The van der Waals surface area contributed by atoms with Crippen LogP contribution in [0.2, 0.25) is 5.22 Å². The summed E-state index contributed by atoms with van der Waals surface area (Å²) in [6.07, 6.45) is 1.03. The highest BCUT2D eigenvalue weighted by atomic mass is 35.5. The van der Waals surface area contributed by atoms with Crippen LogP contribution in [-0.4, -0.2) is 0 Å². The third-order valence-corrected chi connectivity index (χ3v) is 3.76. The molecule has 2 nitrogen and oxygen atoms in total. The van der Waals surface area contributed by atoms with Crippen LogP contribution in [0.4, 0.5) is 5.69 Å². The minimum Gasteiger partial charge on any atom is -0.444 e. The van der Waals surface area contributed by atoms with E-state index in [0.29, 0.717) is 11.8 Å². The molecular formula is C17H16ClNO. The highest BCUT2D eigenvalue weighted by molar-refractivity contribution is 6.30. The van der Waals surface area contributed by atoms with Gasteiger partial charge in [0.15, 0.2) is 5.22 Å². The fourth-order valence-electron chi connectivity index (χ4n) is 2.33. The number of rotatable bonds is 4. The van der Waals surface area contributed by atoms with Crippen molar-refractivity contribution in [2.45, 2.75) is 19.9 Å². The van der Waals surface area contributed by atoms with Gasteiger partial charge in [-0.1, -0.05) is 37.3 Å². The SMILES string of the molecule is CCc1cccc(NCc2c(Cl)oc3ccccc23)c1. The molecular weight excluding hydrogens is 270 g/mol. The summed E-state index contributed by atoms with van der Waals surface area (Å²) in [7, 11) is 0. The Morgan fingerprint density at radius 2 is 1.95 bits per heavy atom. The van der Waals surface area contributed by atoms with Gasteiger partial charge in [0.05, 0.1) is 0 Å². The Morgan fingerprint density at radius 1 is 1.10 bits per heavy atom. The molecule has 0 saturated heterocycles. The predicted molar refractivity (Wildman–Crippen MR) is 84.4 cm³/mol. The van der Waals surface area contributed by atoms with E-state index in [9.17, 15) is 0 Å². The number of nitrogens with one attached hydrogen (secondary N) is 1. The number of fused-ring (bicyclic) bond motifs is 1. The first-order valence-corrected chi connectivity index (χ1v) is 7.14. The topological polar surface area (TPSA) is 25.2 Å². The normalized spacial score (nSPS) is 10.9. The molecule has 1 aromatic heterocycles. The van der Waals surface area contributed by atoms with Crippen LogP contribution in [0, 0.1) is 0 Å². The summed E-state index contributed by atoms with van der Waals surface area (Å²) < 4.78 is 5.56. The maximum Gasteiger partial charge on any atom is 0.199 e. The molecule has 0 aliphatic heterocycles. The average molecular weight is 286 g/mol. The minimum atomic E-state index is 0.463. The van der Waals surface area contributed by atoms with Gasteiger partial charge in [0.25, 0.3) is 0 Å². The Hall–Kier alpha value is -1.93. The maximum absolute atomic E-state index is 6.19. The minimum absolute atomic E-state index is 0.463. The van der Waals surface area contributed by atoms with E-state index >= 15 is 0 Å². The van der Waals surface area contributed by atoms with E-state index in [1.54, 1.807) is 0 Å². The molecule has 3 rings (SSSR count). The summed E-state index contributed by atoms with van der Waals surface area (Å²) in [6.45, 7) is 2.81. The summed E-state index contributed by atoms with van der Waals surface area (Å²) in [6, 6.07) is 16.3. The summed E-state index contributed by atoms with van der Waals surface area (Å²) in [5, 5.41) is 4.94. The van der Waals surface area contributed by atoms with Crippen LogP contribution >= 0.6 is 11.6 Å². The first-order valence-electron chi connectivity index (χ1n) is 6.76. The second-order valence-corrected chi connectivity index (χ2v) is 5.10. The lowest BCUT2D eigenvalue weighted by molar-refractivity contribution is 0.613. The summed E-state index contributed by atoms with van der Waals surface area (Å²) >= 11 is 6.19. The smallest absolute Gasteiger partial charge is 0.199 e. The number of halogens is 1. The molecule has 1 N–H and O–H groups in total. The molecule has 0 aliphatic rings. The van der Waals surface area contributed by atoms with Gasteiger partial charge >= 0.3 is 0 Å². The zero-order chi connectivity index (χ0) is 13.9. The van der Waals surface area contributed by atoms with Crippen LogP contribution < -0.4 is 5.32 Å². The first-order chi connectivity index (χ1) is 9.78. The fraction of sp³-hybridized carbons (Fsp3) is 0.176. The highest BCUT2D eigenvalue weighted by Crippen LogP contribution is 2.30. The molecule has 0 unspecified atom stereocenters. The average Bonchev–Trinajstić information content (AvgIpc) is 2.81. The summed E-state index contributed by atoms with van der Waals surface area (Å²) in [4.78, 5) is 0. The molecule has 3 heteroatoms. The first kappa shape index (κ1) is 13.1. The van der Waals surface area contributed by atoms with Gasteiger partial charge in [0.2, 0.25) is 0 Å². The van der Waals surface area contributed by atoms with E-state index in [4.69, 9.17) is 16.0 Å². The lowest BCUT2D eigenvalue weighted by Gasteiger charge is -2.07. The van der Waals surface area contributed by atoms with E-state index < -0.39 is 0 Å². The summed E-state index contributed by atoms with van der Waals surface area (Å²) in [5.74, 6) is 0. The third-order valence-electron chi connectivity index (χ3n) is 3.45. The van der Waals surface area contributed by atoms with Crippen molar-refractivity contribution in [3.63, 3.8) is 0 Å². The van der Waals surface area contributed by atoms with Gasteiger partial charge in [-0.15, -0.1) is 0 Å². The highest BCUT2D eigenvalue weighted by Gasteiger charge is 2.11. The molecule has 2 aromatic carbocycles. The summed E-state index contributed by atoms with van der Waals surface area (Å²) in [5.41, 5.74) is 4.25. The molecule has 0 aliphatic carbocycles. The molecule has 0 saturated carbocycles. The van der Waals surface area contributed by atoms with Crippen molar-refractivity contribution < 1.29 is 4.42 Å². The lowest BCUT2D eigenvalue weighted by atomic mass is 10.1. The second kappa shape index (κ2) is 5.59. The van der Waals surface area contributed by atoms with Crippen LogP contribution in [0.15, 0.2) is 52.9 Å². The molecule has 3 aromatic rings. The molecule has 0 fully saturated rings. The van der Waals surface area contributed by atoms with Crippen molar-refractivity contribution in [2.75, 3.05) is 5.32 Å². The predicted octanol–water partition coefficient (Wildman–Crippen LogP) is 5.26. The third kappa shape index (κ3) is 2.52. The Kier molecular flexibility index (Phi) is 3.66. The Balaban J connectivity index is 1.84. The van der Waals surface area contributed by atoms with E-state index in [1.807, 2.05) is 24.3 Å². The fourth-order valence-corrected chi connectivity index (χ4v) is 2.58. The van der Waals surface area contributed by atoms with Crippen LogP contribution in [0.1, 0.15) is 18.1 Å². The second-order valence-electron chi connectivity index (χ2n) is 4.76. The number of hydrogen-bond acceptors (Lipinski definition) is 2. The van der Waals surface area contributed by atoms with E-state index in [0.717, 1.165) is 28.6 Å². The zero-order valence-electron chi connectivity index (χ0n) is 11.3. The van der Waals surface area contributed by atoms with Gasteiger partial charge in [0, 0.05) is 23.2 Å². The largest absolute Gasteiger partial charge is 0.444 e. The Morgan fingerprint density at radius 3 is 2.80 bits per heavy atom. The number of anilines is 1.